The summed E-state index contributed by atoms with van der Waals surface area (Å²) >= 11 is 0. The van der Waals surface area contributed by atoms with Crippen molar-refractivity contribution in [2.24, 2.45) is 0 Å². The zero-order valence-electron chi connectivity index (χ0n) is 20.7. The van der Waals surface area contributed by atoms with E-state index in [1.54, 1.807) is 4.52 Å². The third-order valence-corrected chi connectivity index (χ3v) is 6.19. The van der Waals surface area contributed by atoms with Crippen LogP contribution in [0.15, 0.2) is 54.7 Å². The summed E-state index contributed by atoms with van der Waals surface area (Å²) in [6.45, 7) is 5.23. The van der Waals surface area contributed by atoms with Crippen LogP contribution >= 0.6 is 0 Å². The summed E-state index contributed by atoms with van der Waals surface area (Å²) in [5.74, 6) is -0.0155. The molecule has 0 aliphatic rings. The Kier molecular flexibility index (Phi) is 7.23. The fourth-order valence-corrected chi connectivity index (χ4v) is 4.38. The largest absolute Gasteiger partial charge is 0.352 e. The lowest BCUT2D eigenvalue weighted by Crippen LogP contribution is -2.23. The van der Waals surface area contributed by atoms with Crippen molar-refractivity contribution < 1.29 is 4.79 Å². The average molecular weight is 467 g/mol. The van der Waals surface area contributed by atoms with E-state index in [2.05, 4.69) is 76.9 Å². The Labute approximate surface area is 206 Å². The van der Waals surface area contributed by atoms with Crippen LogP contribution < -0.4 is 5.32 Å². The molecular weight excluding hydrogens is 436 g/mol. The topological polar surface area (TPSA) is 86.3 Å². The SMILES string of the molecule is Cc1nc2c(C#N)cnn2c(C)c1CCC(=O)NCc1ccccc1-c1ccc(CN(C)C)cc1. The van der Waals surface area contributed by atoms with E-state index in [-0.39, 0.29) is 5.91 Å². The molecule has 1 N–H and O–H groups in total. The number of carbonyl (C=O) groups excluding carboxylic acids is 1. The highest BCUT2D eigenvalue weighted by Gasteiger charge is 2.15. The van der Waals surface area contributed by atoms with E-state index in [0.717, 1.165) is 40.2 Å². The smallest absolute Gasteiger partial charge is 0.220 e. The third-order valence-electron chi connectivity index (χ3n) is 6.19. The Morgan fingerprint density at radius 1 is 1.11 bits per heavy atom. The number of aromatic nitrogens is 3. The second-order valence-corrected chi connectivity index (χ2v) is 9.04. The van der Waals surface area contributed by atoms with Crippen LogP contribution in [0.1, 0.15) is 40.1 Å². The van der Waals surface area contributed by atoms with E-state index in [1.165, 1.54) is 11.8 Å². The highest BCUT2D eigenvalue weighted by atomic mass is 16.1. The molecule has 35 heavy (non-hydrogen) atoms. The number of rotatable bonds is 8. The van der Waals surface area contributed by atoms with Crippen LogP contribution in [0.3, 0.4) is 0 Å². The fraction of sp³-hybridized carbons (Fsp3) is 0.286. The Hall–Kier alpha value is -4.02. The summed E-state index contributed by atoms with van der Waals surface area (Å²) in [5.41, 5.74) is 8.33. The van der Waals surface area contributed by atoms with Gasteiger partial charge in [0.15, 0.2) is 5.65 Å². The lowest BCUT2D eigenvalue weighted by molar-refractivity contribution is -0.121. The van der Waals surface area contributed by atoms with Crippen molar-refractivity contribution >= 4 is 11.6 Å². The first-order valence-electron chi connectivity index (χ1n) is 11.7. The summed E-state index contributed by atoms with van der Waals surface area (Å²) in [6.07, 6.45) is 2.43. The molecule has 0 spiro atoms. The first kappa shape index (κ1) is 24.1. The van der Waals surface area contributed by atoms with Gasteiger partial charge in [0.25, 0.3) is 0 Å². The first-order chi connectivity index (χ1) is 16.9. The minimum atomic E-state index is -0.0155. The maximum atomic E-state index is 12.7. The molecule has 2 heterocycles. The molecule has 0 aliphatic carbocycles. The van der Waals surface area contributed by atoms with Crippen LogP contribution in [0.25, 0.3) is 16.8 Å². The van der Waals surface area contributed by atoms with Gasteiger partial charge >= 0.3 is 0 Å². The Morgan fingerprint density at radius 3 is 2.57 bits per heavy atom. The molecule has 1 amide bonds. The molecule has 0 radical (unpaired) electrons. The van der Waals surface area contributed by atoms with Gasteiger partial charge < -0.3 is 10.2 Å². The third kappa shape index (κ3) is 5.39. The normalized spacial score (nSPS) is 11.1. The first-order valence-corrected chi connectivity index (χ1v) is 11.7. The number of fused-ring (bicyclic) bond motifs is 1. The zero-order valence-corrected chi connectivity index (χ0v) is 20.7. The van der Waals surface area contributed by atoms with Gasteiger partial charge in [-0.1, -0.05) is 48.5 Å². The van der Waals surface area contributed by atoms with E-state index in [1.807, 2.05) is 26.0 Å². The standard InChI is InChI=1S/C28H30N6O/c1-19-25(20(2)34-28(32-19)24(15-29)17-31-34)13-14-27(35)30-16-23-7-5-6-8-26(23)22-11-9-21(10-12-22)18-33(3)4/h5-12,17H,13-14,16,18H2,1-4H3,(H,30,35). The Balaban J connectivity index is 1.42. The van der Waals surface area contributed by atoms with E-state index in [4.69, 9.17) is 0 Å². The van der Waals surface area contributed by atoms with Gasteiger partial charge in [-0.3, -0.25) is 4.79 Å². The predicted molar refractivity (Wildman–Crippen MR) is 137 cm³/mol. The van der Waals surface area contributed by atoms with Crippen LogP contribution in [0.4, 0.5) is 0 Å². The number of hydrogen-bond acceptors (Lipinski definition) is 5. The molecule has 178 valence electrons. The monoisotopic (exact) mass is 466 g/mol. The van der Waals surface area contributed by atoms with Crippen LogP contribution in [0.2, 0.25) is 0 Å². The molecule has 2 aromatic heterocycles. The molecule has 4 rings (SSSR count). The van der Waals surface area contributed by atoms with Crippen molar-refractivity contribution in [2.75, 3.05) is 14.1 Å². The lowest BCUT2D eigenvalue weighted by atomic mass is 9.98. The van der Waals surface area contributed by atoms with E-state index in [9.17, 15) is 10.1 Å². The van der Waals surface area contributed by atoms with Crippen molar-refractivity contribution in [2.45, 2.75) is 39.8 Å². The van der Waals surface area contributed by atoms with Gasteiger partial charge in [0.2, 0.25) is 5.91 Å². The summed E-state index contributed by atoms with van der Waals surface area (Å²) in [4.78, 5) is 19.4. The van der Waals surface area contributed by atoms with E-state index in [0.29, 0.717) is 30.6 Å². The van der Waals surface area contributed by atoms with Crippen molar-refractivity contribution in [1.82, 2.24) is 24.8 Å². The van der Waals surface area contributed by atoms with E-state index >= 15 is 0 Å². The minimum absolute atomic E-state index is 0.0155. The summed E-state index contributed by atoms with van der Waals surface area (Å²) in [7, 11) is 4.12. The molecule has 0 fully saturated rings. The molecule has 0 saturated heterocycles. The average Bonchev–Trinajstić information content (AvgIpc) is 3.26. The fourth-order valence-electron chi connectivity index (χ4n) is 4.38. The van der Waals surface area contributed by atoms with Crippen molar-refractivity contribution in [1.29, 1.82) is 5.26 Å². The van der Waals surface area contributed by atoms with Crippen LogP contribution in [-0.2, 0) is 24.3 Å². The van der Waals surface area contributed by atoms with Crippen molar-refractivity contribution in [3.8, 4) is 17.2 Å². The molecule has 0 aliphatic heterocycles. The van der Waals surface area contributed by atoms with Gasteiger partial charge in [-0.05, 0) is 62.2 Å². The molecule has 0 bridgehead atoms. The summed E-state index contributed by atoms with van der Waals surface area (Å²) in [5, 5.41) is 16.6. The number of nitrogens with zero attached hydrogens (tertiary/aromatic N) is 5. The predicted octanol–water partition coefficient (Wildman–Crippen LogP) is 4.20. The Morgan fingerprint density at radius 2 is 1.86 bits per heavy atom. The van der Waals surface area contributed by atoms with Crippen molar-refractivity contribution in [3.63, 3.8) is 0 Å². The van der Waals surface area contributed by atoms with Gasteiger partial charge in [-0.2, -0.15) is 10.4 Å². The quantitative estimate of drug-likeness (QED) is 0.421. The highest BCUT2D eigenvalue weighted by molar-refractivity contribution is 5.77. The van der Waals surface area contributed by atoms with Crippen molar-refractivity contribution in [3.05, 3.63) is 88.4 Å². The lowest BCUT2D eigenvalue weighted by Gasteiger charge is -2.14. The van der Waals surface area contributed by atoms with Gasteiger partial charge in [-0.15, -0.1) is 0 Å². The van der Waals surface area contributed by atoms with Gasteiger partial charge in [0, 0.05) is 30.9 Å². The van der Waals surface area contributed by atoms with Crippen LogP contribution in [0.5, 0.6) is 0 Å². The number of nitriles is 1. The number of hydrogen-bond donors (Lipinski definition) is 1. The Bertz CT molecular complexity index is 1400. The summed E-state index contributed by atoms with van der Waals surface area (Å²) < 4.78 is 1.68. The van der Waals surface area contributed by atoms with Gasteiger partial charge in [0.05, 0.1) is 6.20 Å². The molecule has 7 heteroatoms. The maximum absolute atomic E-state index is 12.7. The van der Waals surface area contributed by atoms with Gasteiger partial charge in [0.1, 0.15) is 11.6 Å². The summed E-state index contributed by atoms with van der Waals surface area (Å²) in [6, 6.07) is 18.9. The maximum Gasteiger partial charge on any atom is 0.220 e. The number of benzene rings is 2. The number of amides is 1. The second kappa shape index (κ2) is 10.5. The molecule has 2 aromatic carbocycles. The number of carbonyl (C=O) groups is 1. The molecular formula is C28H30N6O. The zero-order chi connectivity index (χ0) is 24.9. The van der Waals surface area contributed by atoms with Gasteiger partial charge in [-0.25, -0.2) is 9.50 Å². The van der Waals surface area contributed by atoms with Crippen LogP contribution in [-0.4, -0.2) is 39.5 Å². The van der Waals surface area contributed by atoms with Crippen LogP contribution in [0, 0.1) is 25.2 Å². The molecule has 0 unspecified atom stereocenters. The minimum Gasteiger partial charge on any atom is -0.352 e. The molecule has 7 nitrogen and oxygen atoms in total. The molecule has 4 aromatic rings. The highest BCUT2D eigenvalue weighted by Crippen LogP contribution is 2.24. The number of aryl methyl sites for hydroxylation is 2. The second-order valence-electron chi connectivity index (χ2n) is 9.04. The number of nitrogens with one attached hydrogen (secondary N) is 1. The molecule has 0 atom stereocenters. The van der Waals surface area contributed by atoms with E-state index < -0.39 is 0 Å². The molecule has 0 saturated carbocycles.